The first-order valence-electron chi connectivity index (χ1n) is 12.4. The number of likely N-dealkylation sites (N-methyl/N-ethyl adjacent to an activating group) is 1. The molecule has 0 bridgehead atoms. The van der Waals surface area contributed by atoms with Gasteiger partial charge in [0.2, 0.25) is 11.8 Å². The van der Waals surface area contributed by atoms with Crippen LogP contribution in [0.2, 0.25) is 0 Å². The number of pyridine rings is 1. The van der Waals surface area contributed by atoms with Crippen LogP contribution in [0.1, 0.15) is 54.9 Å². The van der Waals surface area contributed by atoms with E-state index in [1.807, 2.05) is 24.3 Å². The molecule has 194 valence electrons. The van der Waals surface area contributed by atoms with Crippen molar-refractivity contribution < 1.29 is 18.8 Å². The van der Waals surface area contributed by atoms with E-state index in [1.54, 1.807) is 36.5 Å². The van der Waals surface area contributed by atoms with Crippen LogP contribution >= 0.6 is 0 Å². The Balaban J connectivity index is 1.58. The third-order valence-electron chi connectivity index (χ3n) is 6.95. The van der Waals surface area contributed by atoms with Gasteiger partial charge in [-0.1, -0.05) is 45.0 Å². The van der Waals surface area contributed by atoms with Crippen molar-refractivity contribution in [2.45, 2.75) is 38.6 Å². The predicted molar refractivity (Wildman–Crippen MR) is 141 cm³/mol. The maximum Gasteiger partial charge on any atom is 0.290 e. The Bertz CT molecular complexity index is 1260. The summed E-state index contributed by atoms with van der Waals surface area (Å²) in [4.78, 5) is 45.8. The van der Waals surface area contributed by atoms with Crippen molar-refractivity contribution in [2.75, 3.05) is 27.2 Å². The number of rotatable bonds is 7. The SMILES string of the molecule is CNC(=O)CN(C[C@@H]1CC(=O)N(C)[C@H]1c1ccncc1)C(=O)c1ccc(-c2ccc(C(C)(C)C)cc2)o1. The molecule has 0 aliphatic carbocycles. The number of hydrogen-bond acceptors (Lipinski definition) is 5. The molecule has 1 aliphatic heterocycles. The van der Waals surface area contributed by atoms with Gasteiger partial charge in [-0.25, -0.2) is 0 Å². The summed E-state index contributed by atoms with van der Waals surface area (Å²) >= 11 is 0. The maximum absolute atomic E-state index is 13.6. The van der Waals surface area contributed by atoms with Gasteiger partial charge in [-0.05, 0) is 40.8 Å². The summed E-state index contributed by atoms with van der Waals surface area (Å²) in [5.74, 6) is -0.148. The molecule has 0 spiro atoms. The van der Waals surface area contributed by atoms with Gasteiger partial charge < -0.3 is 19.5 Å². The van der Waals surface area contributed by atoms with Gasteiger partial charge in [-0.15, -0.1) is 0 Å². The number of aromatic nitrogens is 1. The molecule has 4 rings (SSSR count). The van der Waals surface area contributed by atoms with E-state index < -0.39 is 5.91 Å². The van der Waals surface area contributed by atoms with Crippen molar-refractivity contribution in [3.63, 3.8) is 0 Å². The van der Waals surface area contributed by atoms with Gasteiger partial charge in [0.25, 0.3) is 5.91 Å². The number of carbonyl (C=O) groups is 3. The normalized spacial score (nSPS) is 17.6. The van der Waals surface area contributed by atoms with Gasteiger partial charge in [0, 0.05) is 50.9 Å². The number of nitrogens with zero attached hydrogens (tertiary/aromatic N) is 3. The van der Waals surface area contributed by atoms with Crippen molar-refractivity contribution in [2.24, 2.45) is 5.92 Å². The summed E-state index contributed by atoms with van der Waals surface area (Å²) in [6.07, 6.45) is 3.66. The minimum Gasteiger partial charge on any atom is -0.451 e. The molecule has 37 heavy (non-hydrogen) atoms. The standard InChI is InChI=1S/C29H34N4O4/c1-29(2,3)22-8-6-19(7-9-22)23-10-11-24(37-23)28(36)33(18-25(34)30-4)17-21-16-26(35)32(5)27(21)20-12-14-31-15-13-20/h6-15,21,27H,16-18H2,1-5H3,(H,30,34)/t21-,27-/m0/s1. The Morgan fingerprint density at radius 1 is 1.08 bits per heavy atom. The number of nitrogens with one attached hydrogen (secondary N) is 1. The minimum absolute atomic E-state index is 0.00172. The lowest BCUT2D eigenvalue weighted by Crippen LogP contribution is -2.43. The minimum atomic E-state index is -0.392. The van der Waals surface area contributed by atoms with Crippen molar-refractivity contribution in [1.29, 1.82) is 0 Å². The molecule has 1 aliphatic rings. The monoisotopic (exact) mass is 502 g/mol. The zero-order valence-electron chi connectivity index (χ0n) is 22.0. The molecule has 1 N–H and O–H groups in total. The van der Waals surface area contributed by atoms with Gasteiger partial charge in [0.05, 0.1) is 12.6 Å². The summed E-state index contributed by atoms with van der Waals surface area (Å²) in [5, 5.41) is 2.59. The second kappa shape index (κ2) is 10.6. The molecule has 8 nitrogen and oxygen atoms in total. The van der Waals surface area contributed by atoms with Crippen LogP contribution in [0.4, 0.5) is 0 Å². The van der Waals surface area contributed by atoms with E-state index in [9.17, 15) is 14.4 Å². The first-order chi connectivity index (χ1) is 17.6. The zero-order chi connectivity index (χ0) is 26.7. The van der Waals surface area contributed by atoms with E-state index in [0.717, 1.165) is 11.1 Å². The molecule has 1 fully saturated rings. The lowest BCUT2D eigenvalue weighted by atomic mass is 9.86. The summed E-state index contributed by atoms with van der Waals surface area (Å²) in [6.45, 7) is 6.56. The molecule has 1 saturated heterocycles. The summed E-state index contributed by atoms with van der Waals surface area (Å²) in [6, 6.07) is 15.0. The quantitative estimate of drug-likeness (QED) is 0.526. The van der Waals surface area contributed by atoms with Crippen LogP contribution in [0.15, 0.2) is 65.3 Å². The third kappa shape index (κ3) is 5.74. The van der Waals surface area contributed by atoms with Crippen LogP contribution in [-0.2, 0) is 15.0 Å². The first-order valence-corrected chi connectivity index (χ1v) is 12.4. The predicted octanol–water partition coefficient (Wildman–Crippen LogP) is 4.05. The highest BCUT2D eigenvalue weighted by Crippen LogP contribution is 2.37. The smallest absolute Gasteiger partial charge is 0.290 e. The largest absolute Gasteiger partial charge is 0.451 e. The van der Waals surface area contributed by atoms with E-state index in [0.29, 0.717) is 5.76 Å². The number of carbonyl (C=O) groups excluding carboxylic acids is 3. The van der Waals surface area contributed by atoms with Gasteiger partial charge in [0.15, 0.2) is 5.76 Å². The van der Waals surface area contributed by atoms with Crippen LogP contribution < -0.4 is 5.32 Å². The molecule has 2 aromatic heterocycles. The van der Waals surface area contributed by atoms with Crippen LogP contribution in [-0.4, -0.2) is 59.7 Å². The van der Waals surface area contributed by atoms with Crippen molar-refractivity contribution >= 4 is 17.7 Å². The molecule has 0 saturated carbocycles. The molecule has 1 aromatic carbocycles. The van der Waals surface area contributed by atoms with Gasteiger partial charge in [-0.2, -0.15) is 0 Å². The van der Waals surface area contributed by atoms with Gasteiger partial charge in [-0.3, -0.25) is 19.4 Å². The number of benzene rings is 1. The van der Waals surface area contributed by atoms with Crippen LogP contribution in [0.5, 0.6) is 0 Å². The lowest BCUT2D eigenvalue weighted by molar-refractivity contribution is -0.127. The van der Waals surface area contributed by atoms with Crippen LogP contribution in [0, 0.1) is 5.92 Å². The molecule has 0 unspecified atom stereocenters. The summed E-state index contributed by atoms with van der Waals surface area (Å²) < 4.78 is 5.96. The molecule has 3 heterocycles. The third-order valence-corrected chi connectivity index (χ3v) is 6.95. The van der Waals surface area contributed by atoms with E-state index >= 15 is 0 Å². The highest BCUT2D eigenvalue weighted by Gasteiger charge is 2.40. The number of hydrogen-bond donors (Lipinski definition) is 1. The average molecular weight is 503 g/mol. The van der Waals surface area contributed by atoms with Crippen LogP contribution in [0.25, 0.3) is 11.3 Å². The lowest BCUT2D eigenvalue weighted by Gasteiger charge is -2.29. The maximum atomic E-state index is 13.6. The highest BCUT2D eigenvalue weighted by atomic mass is 16.4. The summed E-state index contributed by atoms with van der Waals surface area (Å²) in [5.41, 5.74) is 3.05. The summed E-state index contributed by atoms with van der Waals surface area (Å²) in [7, 11) is 3.30. The molecule has 3 amide bonds. The fourth-order valence-electron chi connectivity index (χ4n) is 4.83. The van der Waals surface area contributed by atoms with Crippen LogP contribution in [0.3, 0.4) is 0 Å². The van der Waals surface area contributed by atoms with E-state index in [1.165, 1.54) is 17.5 Å². The average Bonchev–Trinajstić information content (AvgIpc) is 3.48. The van der Waals surface area contributed by atoms with Crippen molar-refractivity contribution in [3.8, 4) is 11.3 Å². The number of amides is 3. The highest BCUT2D eigenvalue weighted by molar-refractivity contribution is 5.95. The Labute approximate surface area is 217 Å². The second-order valence-corrected chi connectivity index (χ2v) is 10.5. The Kier molecular flexibility index (Phi) is 7.47. The molecule has 2 atom stereocenters. The van der Waals surface area contributed by atoms with Crippen molar-refractivity contribution in [3.05, 3.63) is 77.8 Å². The molecule has 0 radical (unpaired) electrons. The fourth-order valence-corrected chi connectivity index (χ4v) is 4.83. The first kappa shape index (κ1) is 26.1. The molecular weight excluding hydrogens is 468 g/mol. The Morgan fingerprint density at radius 3 is 2.38 bits per heavy atom. The zero-order valence-corrected chi connectivity index (χ0v) is 22.0. The Morgan fingerprint density at radius 2 is 1.76 bits per heavy atom. The fraction of sp³-hybridized carbons (Fsp3) is 0.379. The number of likely N-dealkylation sites (tertiary alicyclic amines) is 1. The Hall–Kier alpha value is -3.94. The van der Waals surface area contributed by atoms with Crippen molar-refractivity contribution in [1.82, 2.24) is 20.1 Å². The van der Waals surface area contributed by atoms with E-state index in [2.05, 4.69) is 43.2 Å². The molecule has 8 heteroatoms. The van der Waals surface area contributed by atoms with Gasteiger partial charge >= 0.3 is 0 Å². The molecular formula is C29H34N4O4. The second-order valence-electron chi connectivity index (χ2n) is 10.5. The number of furan rings is 1. The van der Waals surface area contributed by atoms with E-state index in [-0.39, 0.29) is 54.5 Å². The van der Waals surface area contributed by atoms with Gasteiger partial charge in [0.1, 0.15) is 5.76 Å². The molecule has 3 aromatic rings. The van der Waals surface area contributed by atoms with E-state index in [4.69, 9.17) is 4.42 Å². The topological polar surface area (TPSA) is 95.8 Å².